The average Bonchev–Trinajstić information content (AvgIpc) is 3.24. The molecule has 7 heteroatoms. The fourth-order valence-corrected chi connectivity index (χ4v) is 4.25. The zero-order valence-corrected chi connectivity index (χ0v) is 14.9. The van der Waals surface area contributed by atoms with Crippen LogP contribution < -0.4 is 4.90 Å². The molecule has 4 heterocycles. The molecule has 6 nitrogen and oxygen atoms in total. The fourth-order valence-electron chi connectivity index (χ4n) is 3.38. The highest BCUT2D eigenvalue weighted by Gasteiger charge is 2.26. The quantitative estimate of drug-likeness (QED) is 0.729. The van der Waals surface area contributed by atoms with Crippen LogP contribution in [0.1, 0.15) is 19.7 Å². The first-order valence-corrected chi connectivity index (χ1v) is 9.31. The predicted molar refractivity (Wildman–Crippen MR) is 97.4 cm³/mol. The second-order valence-corrected chi connectivity index (χ2v) is 7.14. The molecule has 0 radical (unpaired) electrons. The van der Waals surface area contributed by atoms with Gasteiger partial charge < -0.3 is 9.47 Å². The van der Waals surface area contributed by atoms with Crippen molar-refractivity contribution >= 4 is 27.4 Å². The molecule has 0 amide bonds. The molecule has 0 aliphatic carbocycles. The Morgan fingerprint density at radius 1 is 1.25 bits per heavy atom. The van der Waals surface area contributed by atoms with Gasteiger partial charge in [-0.3, -0.25) is 4.90 Å². The van der Waals surface area contributed by atoms with E-state index in [0.717, 1.165) is 49.9 Å². The van der Waals surface area contributed by atoms with Crippen LogP contribution in [-0.2, 0) is 13.1 Å². The Hall–Kier alpha value is -1.99. The monoisotopic (exact) mass is 342 g/mol. The van der Waals surface area contributed by atoms with E-state index in [2.05, 4.69) is 60.8 Å². The summed E-state index contributed by atoms with van der Waals surface area (Å²) in [4.78, 5) is 18.3. The van der Waals surface area contributed by atoms with Crippen LogP contribution in [0.4, 0.5) is 5.82 Å². The van der Waals surface area contributed by atoms with Crippen molar-refractivity contribution in [3.63, 3.8) is 0 Å². The van der Waals surface area contributed by atoms with E-state index in [0.29, 0.717) is 6.04 Å². The molecule has 1 fully saturated rings. The minimum atomic E-state index is 0.464. The molecule has 0 N–H and O–H groups in total. The maximum absolute atomic E-state index is 4.56. The predicted octanol–water partition coefficient (Wildman–Crippen LogP) is 2.62. The number of aromatic nitrogens is 4. The van der Waals surface area contributed by atoms with Gasteiger partial charge in [0.05, 0.1) is 16.8 Å². The third kappa shape index (κ3) is 2.78. The molecule has 3 aromatic rings. The second kappa shape index (κ2) is 6.49. The van der Waals surface area contributed by atoms with E-state index >= 15 is 0 Å². The van der Waals surface area contributed by atoms with Crippen LogP contribution in [0.25, 0.3) is 10.2 Å². The van der Waals surface area contributed by atoms with Gasteiger partial charge in [-0.25, -0.2) is 15.0 Å². The molecular weight excluding hydrogens is 320 g/mol. The largest absolute Gasteiger partial charge is 0.352 e. The molecule has 1 aliphatic heterocycles. The van der Waals surface area contributed by atoms with Gasteiger partial charge in [0, 0.05) is 44.6 Å². The van der Waals surface area contributed by atoms with Crippen molar-refractivity contribution in [1.82, 2.24) is 24.4 Å². The van der Waals surface area contributed by atoms with E-state index in [1.807, 2.05) is 6.20 Å². The molecule has 1 saturated heterocycles. The summed E-state index contributed by atoms with van der Waals surface area (Å²) in [6.45, 7) is 9.33. The van der Waals surface area contributed by atoms with Crippen LogP contribution in [0.15, 0.2) is 30.2 Å². The molecule has 0 bridgehead atoms. The first kappa shape index (κ1) is 15.5. The lowest BCUT2D eigenvalue weighted by atomic mass is 10.2. The van der Waals surface area contributed by atoms with E-state index in [-0.39, 0.29) is 0 Å². The fraction of sp³-hybridized carbons (Fsp3) is 0.471. The van der Waals surface area contributed by atoms with Gasteiger partial charge in [-0.1, -0.05) is 0 Å². The van der Waals surface area contributed by atoms with Crippen LogP contribution in [0.5, 0.6) is 0 Å². The van der Waals surface area contributed by atoms with E-state index in [9.17, 15) is 0 Å². The van der Waals surface area contributed by atoms with Crippen molar-refractivity contribution in [3.8, 4) is 0 Å². The number of piperazine rings is 1. The molecule has 1 aliphatic rings. The summed E-state index contributed by atoms with van der Waals surface area (Å²) in [5.41, 5.74) is 1.05. The van der Waals surface area contributed by atoms with Gasteiger partial charge in [0.15, 0.2) is 0 Å². The Morgan fingerprint density at radius 2 is 2.17 bits per heavy atom. The van der Waals surface area contributed by atoms with E-state index in [1.165, 1.54) is 4.70 Å². The number of thiophene rings is 1. The van der Waals surface area contributed by atoms with Crippen molar-refractivity contribution in [3.05, 3.63) is 36.0 Å². The first-order chi connectivity index (χ1) is 11.8. The van der Waals surface area contributed by atoms with Crippen LogP contribution in [0.3, 0.4) is 0 Å². The van der Waals surface area contributed by atoms with E-state index in [4.69, 9.17) is 0 Å². The number of imidazole rings is 1. The highest BCUT2D eigenvalue weighted by molar-refractivity contribution is 7.17. The maximum Gasteiger partial charge on any atom is 0.150 e. The Kier molecular flexibility index (Phi) is 4.20. The Bertz CT molecular complexity index is 825. The Labute approximate surface area is 145 Å². The molecule has 126 valence electrons. The van der Waals surface area contributed by atoms with Gasteiger partial charge in [-0.05, 0) is 25.3 Å². The SMILES string of the molecule is CCn1ccnc1CN1CCN(c2ncnc3ccsc23)CC1C. The highest BCUT2D eigenvalue weighted by atomic mass is 32.1. The summed E-state index contributed by atoms with van der Waals surface area (Å²) in [5, 5.41) is 2.09. The van der Waals surface area contributed by atoms with Gasteiger partial charge in [-0.2, -0.15) is 0 Å². The molecular formula is C17H22N6S. The number of fused-ring (bicyclic) bond motifs is 1. The molecule has 24 heavy (non-hydrogen) atoms. The number of hydrogen-bond donors (Lipinski definition) is 0. The zero-order chi connectivity index (χ0) is 16.5. The van der Waals surface area contributed by atoms with Crippen molar-refractivity contribution in [1.29, 1.82) is 0 Å². The Balaban J connectivity index is 1.49. The summed E-state index contributed by atoms with van der Waals surface area (Å²) in [5.74, 6) is 2.23. The third-order valence-electron chi connectivity index (χ3n) is 4.78. The lowest BCUT2D eigenvalue weighted by molar-refractivity contribution is 0.174. The first-order valence-electron chi connectivity index (χ1n) is 8.43. The topological polar surface area (TPSA) is 50.1 Å². The Morgan fingerprint density at radius 3 is 3.00 bits per heavy atom. The molecule has 4 rings (SSSR count). The van der Waals surface area contributed by atoms with Gasteiger partial charge in [0.25, 0.3) is 0 Å². The molecule has 0 aromatic carbocycles. The van der Waals surface area contributed by atoms with Crippen LogP contribution in [0.2, 0.25) is 0 Å². The summed E-state index contributed by atoms with van der Waals surface area (Å²) in [6, 6.07) is 2.53. The number of anilines is 1. The van der Waals surface area contributed by atoms with Gasteiger partial charge >= 0.3 is 0 Å². The standard InChI is InChI=1S/C17H22N6S/c1-3-21-6-5-18-15(21)11-22-7-8-23(10-13(22)2)17-16-14(4-9-24-16)19-12-20-17/h4-6,9,12-13H,3,7-8,10-11H2,1-2H3. The highest BCUT2D eigenvalue weighted by Crippen LogP contribution is 2.29. The normalized spacial score (nSPS) is 19.2. The van der Waals surface area contributed by atoms with Crippen molar-refractivity contribution in [2.75, 3.05) is 24.5 Å². The van der Waals surface area contributed by atoms with Crippen molar-refractivity contribution in [2.24, 2.45) is 0 Å². The molecule has 3 aromatic heterocycles. The number of nitrogens with zero attached hydrogens (tertiary/aromatic N) is 6. The second-order valence-electron chi connectivity index (χ2n) is 6.23. The molecule has 1 unspecified atom stereocenters. The van der Waals surface area contributed by atoms with E-state index in [1.54, 1.807) is 17.7 Å². The summed E-state index contributed by atoms with van der Waals surface area (Å²) in [7, 11) is 0. The van der Waals surface area contributed by atoms with Gasteiger partial charge in [0.2, 0.25) is 0 Å². The lowest BCUT2D eigenvalue weighted by Gasteiger charge is -2.40. The minimum absolute atomic E-state index is 0.464. The van der Waals surface area contributed by atoms with Crippen LogP contribution >= 0.6 is 11.3 Å². The van der Waals surface area contributed by atoms with Gasteiger partial charge in [0.1, 0.15) is 18.0 Å². The van der Waals surface area contributed by atoms with Crippen LogP contribution in [-0.4, -0.2) is 50.1 Å². The van der Waals surface area contributed by atoms with Gasteiger partial charge in [-0.15, -0.1) is 11.3 Å². The summed E-state index contributed by atoms with van der Waals surface area (Å²) in [6.07, 6.45) is 5.64. The molecule has 0 spiro atoms. The summed E-state index contributed by atoms with van der Waals surface area (Å²) < 4.78 is 3.42. The summed E-state index contributed by atoms with van der Waals surface area (Å²) >= 11 is 1.72. The smallest absolute Gasteiger partial charge is 0.150 e. The van der Waals surface area contributed by atoms with Crippen molar-refractivity contribution < 1.29 is 0 Å². The number of rotatable bonds is 4. The lowest BCUT2D eigenvalue weighted by Crippen LogP contribution is -2.52. The third-order valence-corrected chi connectivity index (χ3v) is 5.68. The average molecular weight is 342 g/mol. The van der Waals surface area contributed by atoms with Crippen molar-refractivity contribution in [2.45, 2.75) is 33.0 Å². The zero-order valence-electron chi connectivity index (χ0n) is 14.1. The van der Waals surface area contributed by atoms with Crippen LogP contribution in [0, 0.1) is 0 Å². The maximum atomic E-state index is 4.56. The number of hydrogen-bond acceptors (Lipinski definition) is 6. The minimum Gasteiger partial charge on any atom is -0.352 e. The molecule has 1 atom stereocenters. The number of aryl methyl sites for hydroxylation is 1. The van der Waals surface area contributed by atoms with E-state index < -0.39 is 0 Å². The molecule has 0 saturated carbocycles.